The van der Waals surface area contributed by atoms with Gasteiger partial charge in [0.2, 0.25) is 5.91 Å². The summed E-state index contributed by atoms with van der Waals surface area (Å²) in [7, 11) is 1.74. The number of rotatable bonds is 5. The summed E-state index contributed by atoms with van der Waals surface area (Å²) >= 11 is 12.0. The Kier molecular flexibility index (Phi) is 5.65. The van der Waals surface area contributed by atoms with Crippen molar-refractivity contribution in [3.8, 4) is 0 Å². The number of nitrogens with two attached hydrogens (primary N) is 1. The van der Waals surface area contributed by atoms with Crippen molar-refractivity contribution in [2.24, 2.45) is 5.73 Å². The number of hydrogen-bond acceptors (Lipinski definition) is 2. The van der Waals surface area contributed by atoms with Crippen LogP contribution in [0.2, 0.25) is 10.0 Å². The number of likely N-dealkylation sites (N-methyl/N-ethyl adjacent to an activating group) is 1. The van der Waals surface area contributed by atoms with Crippen molar-refractivity contribution < 1.29 is 4.79 Å². The monoisotopic (exact) mass is 302 g/mol. The van der Waals surface area contributed by atoms with Crippen molar-refractivity contribution in [3.05, 3.63) is 33.8 Å². The second-order valence-electron chi connectivity index (χ2n) is 4.76. The van der Waals surface area contributed by atoms with Crippen molar-refractivity contribution in [1.29, 1.82) is 0 Å². The minimum Gasteiger partial charge on any atom is -0.340 e. The molecule has 0 heterocycles. The second kappa shape index (κ2) is 6.60. The van der Waals surface area contributed by atoms with E-state index in [0.717, 1.165) is 5.56 Å². The van der Waals surface area contributed by atoms with Gasteiger partial charge in [0, 0.05) is 23.6 Å². The van der Waals surface area contributed by atoms with Crippen LogP contribution in [0.25, 0.3) is 0 Å². The molecule has 0 spiro atoms. The molecule has 0 aliphatic heterocycles. The van der Waals surface area contributed by atoms with E-state index in [1.165, 1.54) is 0 Å². The van der Waals surface area contributed by atoms with Crippen LogP contribution >= 0.6 is 23.2 Å². The Balaban J connectivity index is 2.85. The van der Waals surface area contributed by atoms with E-state index in [-0.39, 0.29) is 5.91 Å². The average Bonchev–Trinajstić information content (AvgIpc) is 2.40. The van der Waals surface area contributed by atoms with E-state index >= 15 is 0 Å². The zero-order chi connectivity index (χ0) is 14.6. The van der Waals surface area contributed by atoms with Gasteiger partial charge in [-0.2, -0.15) is 0 Å². The quantitative estimate of drug-likeness (QED) is 0.905. The zero-order valence-electron chi connectivity index (χ0n) is 11.5. The molecule has 0 radical (unpaired) electrons. The molecule has 0 aromatic heterocycles. The normalized spacial score (nSPS) is 11.5. The van der Waals surface area contributed by atoms with Crippen molar-refractivity contribution in [2.75, 3.05) is 7.05 Å². The lowest BCUT2D eigenvalue weighted by molar-refractivity contribution is -0.136. The minimum absolute atomic E-state index is 0.0662. The van der Waals surface area contributed by atoms with Crippen LogP contribution in [0.5, 0.6) is 0 Å². The van der Waals surface area contributed by atoms with Crippen molar-refractivity contribution in [1.82, 2.24) is 4.90 Å². The molecule has 106 valence electrons. The van der Waals surface area contributed by atoms with Gasteiger partial charge < -0.3 is 10.6 Å². The van der Waals surface area contributed by atoms with Crippen molar-refractivity contribution in [3.63, 3.8) is 0 Å². The second-order valence-corrected chi connectivity index (χ2v) is 5.60. The third kappa shape index (κ3) is 3.85. The molecule has 1 rings (SSSR count). The Morgan fingerprint density at radius 2 is 1.89 bits per heavy atom. The molecule has 0 saturated carbocycles. The molecule has 0 saturated heterocycles. The first-order chi connectivity index (χ1) is 8.84. The maximum Gasteiger partial charge on any atom is 0.242 e. The number of carbonyl (C=O) groups excluding carboxylic acids is 1. The van der Waals surface area contributed by atoms with E-state index in [1.807, 2.05) is 19.9 Å². The van der Waals surface area contributed by atoms with E-state index in [1.54, 1.807) is 24.1 Å². The predicted octanol–water partition coefficient (Wildman–Crippen LogP) is 3.47. The summed E-state index contributed by atoms with van der Waals surface area (Å²) in [4.78, 5) is 14.0. The predicted molar refractivity (Wildman–Crippen MR) is 80.4 cm³/mol. The molecule has 0 fully saturated rings. The van der Waals surface area contributed by atoms with Gasteiger partial charge in [-0.1, -0.05) is 43.1 Å². The van der Waals surface area contributed by atoms with Crippen LogP contribution in [0.4, 0.5) is 0 Å². The number of carbonyl (C=O) groups is 1. The summed E-state index contributed by atoms with van der Waals surface area (Å²) in [5.74, 6) is -0.0662. The standard InChI is InChI=1S/C14H20Cl2N2O/c1-4-14(17,5-2)13(19)18(3)9-10-6-7-11(15)8-12(10)16/h6-8H,4-5,9,17H2,1-3H3. The SMILES string of the molecule is CCC(N)(CC)C(=O)N(C)Cc1ccc(Cl)cc1Cl. The van der Waals surface area contributed by atoms with Crippen LogP contribution in [0.15, 0.2) is 18.2 Å². The van der Waals surface area contributed by atoms with E-state index in [9.17, 15) is 4.79 Å². The van der Waals surface area contributed by atoms with Gasteiger partial charge in [-0.15, -0.1) is 0 Å². The van der Waals surface area contributed by atoms with Crippen LogP contribution in [0.3, 0.4) is 0 Å². The van der Waals surface area contributed by atoms with Gasteiger partial charge in [0.1, 0.15) is 0 Å². The molecule has 1 amide bonds. The Bertz CT molecular complexity index is 459. The first-order valence-electron chi connectivity index (χ1n) is 6.32. The Morgan fingerprint density at radius 1 is 1.32 bits per heavy atom. The largest absolute Gasteiger partial charge is 0.340 e. The molecule has 0 bridgehead atoms. The van der Waals surface area contributed by atoms with Gasteiger partial charge in [-0.25, -0.2) is 0 Å². The highest BCUT2D eigenvalue weighted by Crippen LogP contribution is 2.23. The molecule has 3 nitrogen and oxygen atoms in total. The average molecular weight is 303 g/mol. The molecule has 2 N–H and O–H groups in total. The Hall–Kier alpha value is -0.770. The van der Waals surface area contributed by atoms with Crippen LogP contribution in [-0.4, -0.2) is 23.4 Å². The van der Waals surface area contributed by atoms with Crippen LogP contribution in [-0.2, 0) is 11.3 Å². The molecule has 0 atom stereocenters. The van der Waals surface area contributed by atoms with Gasteiger partial charge in [0.25, 0.3) is 0 Å². The summed E-state index contributed by atoms with van der Waals surface area (Å²) < 4.78 is 0. The van der Waals surface area contributed by atoms with Crippen LogP contribution < -0.4 is 5.73 Å². The number of benzene rings is 1. The van der Waals surface area contributed by atoms with E-state index in [0.29, 0.717) is 29.4 Å². The molecule has 0 aliphatic rings. The highest BCUT2D eigenvalue weighted by atomic mass is 35.5. The maximum atomic E-state index is 12.3. The van der Waals surface area contributed by atoms with Crippen LogP contribution in [0.1, 0.15) is 32.3 Å². The lowest BCUT2D eigenvalue weighted by atomic mass is 9.92. The summed E-state index contributed by atoms with van der Waals surface area (Å²) in [6.07, 6.45) is 1.22. The Morgan fingerprint density at radius 3 is 2.37 bits per heavy atom. The third-order valence-corrected chi connectivity index (χ3v) is 4.04. The molecule has 0 aliphatic carbocycles. The molecule has 0 unspecified atom stereocenters. The summed E-state index contributed by atoms with van der Waals surface area (Å²) in [6, 6.07) is 5.26. The molecule has 19 heavy (non-hydrogen) atoms. The lowest BCUT2D eigenvalue weighted by Crippen LogP contribution is -2.53. The fourth-order valence-electron chi connectivity index (χ4n) is 1.91. The van der Waals surface area contributed by atoms with Crippen molar-refractivity contribution >= 4 is 29.1 Å². The molecule has 1 aromatic rings. The smallest absolute Gasteiger partial charge is 0.242 e. The zero-order valence-corrected chi connectivity index (χ0v) is 13.1. The lowest BCUT2D eigenvalue weighted by Gasteiger charge is -2.31. The van der Waals surface area contributed by atoms with Gasteiger partial charge in [-0.05, 0) is 30.5 Å². The molecule has 5 heteroatoms. The molecular weight excluding hydrogens is 283 g/mol. The van der Waals surface area contributed by atoms with Gasteiger partial charge in [0.05, 0.1) is 5.54 Å². The molecule has 1 aromatic carbocycles. The summed E-state index contributed by atoms with van der Waals surface area (Å²) in [5.41, 5.74) is 6.17. The third-order valence-electron chi connectivity index (χ3n) is 3.46. The highest BCUT2D eigenvalue weighted by Gasteiger charge is 2.32. The number of amides is 1. The first kappa shape index (κ1) is 16.3. The molecular formula is C14H20Cl2N2O. The highest BCUT2D eigenvalue weighted by molar-refractivity contribution is 6.35. The summed E-state index contributed by atoms with van der Waals surface area (Å²) in [5, 5.41) is 1.14. The van der Waals surface area contributed by atoms with Gasteiger partial charge in [0.15, 0.2) is 0 Å². The number of halogens is 2. The fourth-order valence-corrected chi connectivity index (χ4v) is 2.38. The van der Waals surface area contributed by atoms with Gasteiger partial charge >= 0.3 is 0 Å². The minimum atomic E-state index is -0.798. The van der Waals surface area contributed by atoms with E-state index in [4.69, 9.17) is 28.9 Å². The van der Waals surface area contributed by atoms with Gasteiger partial charge in [-0.3, -0.25) is 4.79 Å². The van der Waals surface area contributed by atoms with E-state index in [2.05, 4.69) is 0 Å². The topological polar surface area (TPSA) is 46.3 Å². The summed E-state index contributed by atoms with van der Waals surface area (Å²) in [6.45, 7) is 4.27. The van der Waals surface area contributed by atoms with Crippen molar-refractivity contribution in [2.45, 2.75) is 38.8 Å². The number of hydrogen-bond donors (Lipinski definition) is 1. The first-order valence-corrected chi connectivity index (χ1v) is 7.08. The maximum absolute atomic E-state index is 12.3. The number of nitrogens with zero attached hydrogens (tertiary/aromatic N) is 1. The van der Waals surface area contributed by atoms with Crippen LogP contribution in [0, 0.1) is 0 Å². The fraction of sp³-hybridized carbons (Fsp3) is 0.500. The Labute approximate surface area is 124 Å². The van der Waals surface area contributed by atoms with E-state index < -0.39 is 5.54 Å².